The van der Waals surface area contributed by atoms with Crippen LogP contribution < -0.4 is 10.1 Å². The van der Waals surface area contributed by atoms with E-state index in [0.717, 1.165) is 33.7 Å². The zero-order chi connectivity index (χ0) is 25.5. The molecule has 0 unspecified atom stereocenters. The van der Waals surface area contributed by atoms with Crippen molar-refractivity contribution in [1.82, 2.24) is 4.98 Å². The summed E-state index contributed by atoms with van der Waals surface area (Å²) in [5, 5.41) is 14.0. The maximum absolute atomic E-state index is 12.7. The smallest absolute Gasteiger partial charge is 0.234 e. The lowest BCUT2D eigenvalue weighted by Crippen LogP contribution is -2.14. The maximum atomic E-state index is 12.7. The molecule has 0 saturated carbocycles. The molecule has 36 heavy (non-hydrogen) atoms. The van der Waals surface area contributed by atoms with Crippen LogP contribution in [0.3, 0.4) is 0 Å². The highest BCUT2D eigenvalue weighted by atomic mass is 35.5. The Morgan fingerprint density at radius 2 is 1.69 bits per heavy atom. The number of nitrogens with zero attached hydrogens (tertiary/aromatic N) is 2. The van der Waals surface area contributed by atoms with E-state index in [2.05, 4.69) is 11.4 Å². The van der Waals surface area contributed by atoms with Gasteiger partial charge in [-0.3, -0.25) is 4.79 Å². The predicted octanol–water partition coefficient (Wildman–Crippen LogP) is 7.38. The average molecular weight is 514 g/mol. The molecule has 0 aliphatic carbocycles. The molecule has 180 valence electrons. The normalized spacial score (nSPS) is 10.5. The molecule has 1 N–H and O–H groups in total. The second kappa shape index (κ2) is 11.8. The molecular weight excluding hydrogens is 490 g/mol. The van der Waals surface area contributed by atoms with E-state index in [-0.39, 0.29) is 11.7 Å². The summed E-state index contributed by atoms with van der Waals surface area (Å²) in [5.41, 5.74) is 5.50. The first kappa shape index (κ1) is 25.3. The van der Waals surface area contributed by atoms with Crippen LogP contribution in [0.5, 0.6) is 5.75 Å². The SMILES string of the molecule is CCOc1ccc(NC(=O)CSc2nc(-c3ccc(C)cc3)cc(-c3ccc(Cl)cc3)c2C#N)cc1. The van der Waals surface area contributed by atoms with Crippen molar-refractivity contribution in [2.45, 2.75) is 18.9 Å². The van der Waals surface area contributed by atoms with Gasteiger partial charge in [0, 0.05) is 21.8 Å². The molecule has 7 heteroatoms. The number of carbonyl (C=O) groups excluding carboxylic acids is 1. The van der Waals surface area contributed by atoms with Gasteiger partial charge in [0.2, 0.25) is 5.91 Å². The first-order valence-electron chi connectivity index (χ1n) is 11.4. The molecule has 3 aromatic carbocycles. The number of benzene rings is 3. The lowest BCUT2D eigenvalue weighted by Gasteiger charge is -2.13. The van der Waals surface area contributed by atoms with Gasteiger partial charge in [-0.05, 0) is 61.9 Å². The topological polar surface area (TPSA) is 75.0 Å². The highest BCUT2D eigenvalue weighted by Gasteiger charge is 2.17. The molecule has 0 radical (unpaired) electrons. The lowest BCUT2D eigenvalue weighted by molar-refractivity contribution is -0.113. The maximum Gasteiger partial charge on any atom is 0.234 e. The Bertz CT molecular complexity index is 1400. The number of nitrogens with one attached hydrogen (secondary N) is 1. The molecule has 1 amide bonds. The van der Waals surface area contributed by atoms with Gasteiger partial charge in [0.25, 0.3) is 0 Å². The van der Waals surface area contributed by atoms with Crippen molar-refractivity contribution in [1.29, 1.82) is 5.26 Å². The Hall–Kier alpha value is -3.79. The average Bonchev–Trinajstić information content (AvgIpc) is 2.89. The number of carbonyl (C=O) groups is 1. The summed E-state index contributed by atoms with van der Waals surface area (Å²) in [6, 6.07) is 26.8. The Balaban J connectivity index is 1.63. The summed E-state index contributed by atoms with van der Waals surface area (Å²) < 4.78 is 5.44. The number of aromatic nitrogens is 1. The van der Waals surface area contributed by atoms with Gasteiger partial charge in [-0.25, -0.2) is 4.98 Å². The molecule has 4 rings (SSSR count). The Labute approximate surface area is 220 Å². The number of aryl methyl sites for hydroxylation is 1. The Kier molecular flexibility index (Phi) is 8.27. The van der Waals surface area contributed by atoms with E-state index >= 15 is 0 Å². The zero-order valence-electron chi connectivity index (χ0n) is 19.9. The van der Waals surface area contributed by atoms with E-state index in [4.69, 9.17) is 21.3 Å². The van der Waals surface area contributed by atoms with Gasteiger partial charge in [-0.15, -0.1) is 0 Å². The van der Waals surface area contributed by atoms with Crippen LogP contribution in [0.15, 0.2) is 83.9 Å². The molecule has 5 nitrogen and oxygen atoms in total. The van der Waals surface area contributed by atoms with Gasteiger partial charge in [-0.1, -0.05) is 65.3 Å². The molecule has 1 aromatic heterocycles. The highest BCUT2D eigenvalue weighted by Crippen LogP contribution is 2.35. The van der Waals surface area contributed by atoms with Crippen LogP contribution in [0, 0.1) is 18.3 Å². The summed E-state index contributed by atoms with van der Waals surface area (Å²) in [4.78, 5) is 17.5. The van der Waals surface area contributed by atoms with Crippen molar-refractivity contribution in [2.75, 3.05) is 17.7 Å². The first-order valence-corrected chi connectivity index (χ1v) is 12.8. The first-order chi connectivity index (χ1) is 17.5. The molecule has 0 aliphatic rings. The van der Waals surface area contributed by atoms with Crippen LogP contribution >= 0.6 is 23.4 Å². The van der Waals surface area contributed by atoms with E-state index in [1.807, 2.05) is 68.4 Å². The number of rotatable bonds is 8. The van der Waals surface area contributed by atoms with Crippen molar-refractivity contribution < 1.29 is 9.53 Å². The van der Waals surface area contributed by atoms with Crippen LogP contribution in [0.1, 0.15) is 18.1 Å². The number of hydrogen-bond donors (Lipinski definition) is 1. The molecule has 0 saturated heterocycles. The number of ether oxygens (including phenoxy) is 1. The van der Waals surface area contributed by atoms with E-state index in [1.165, 1.54) is 11.8 Å². The Morgan fingerprint density at radius 1 is 1.03 bits per heavy atom. The van der Waals surface area contributed by atoms with Gasteiger partial charge in [-0.2, -0.15) is 5.26 Å². The zero-order valence-corrected chi connectivity index (χ0v) is 21.5. The summed E-state index contributed by atoms with van der Waals surface area (Å²) in [5.74, 6) is 0.658. The van der Waals surface area contributed by atoms with Crippen molar-refractivity contribution in [3.63, 3.8) is 0 Å². The number of amides is 1. The second-order valence-corrected chi connectivity index (χ2v) is 9.41. The third kappa shape index (κ3) is 6.25. The third-order valence-corrected chi connectivity index (χ3v) is 6.62. The van der Waals surface area contributed by atoms with Crippen LogP contribution in [0.25, 0.3) is 22.4 Å². The third-order valence-electron chi connectivity index (χ3n) is 5.39. The molecular formula is C29H24ClN3O2S. The van der Waals surface area contributed by atoms with Crippen molar-refractivity contribution in [3.05, 3.63) is 95.0 Å². The van der Waals surface area contributed by atoms with E-state index in [9.17, 15) is 10.1 Å². The fourth-order valence-electron chi connectivity index (χ4n) is 3.60. The number of thioether (sulfide) groups is 1. The van der Waals surface area contributed by atoms with Gasteiger partial charge in [0.1, 0.15) is 16.8 Å². The lowest BCUT2D eigenvalue weighted by atomic mass is 9.99. The van der Waals surface area contributed by atoms with Crippen molar-refractivity contribution in [2.24, 2.45) is 0 Å². The fourth-order valence-corrected chi connectivity index (χ4v) is 4.52. The minimum absolute atomic E-state index is 0.103. The quantitative estimate of drug-likeness (QED) is 0.249. The molecule has 0 bridgehead atoms. The predicted molar refractivity (Wildman–Crippen MR) is 147 cm³/mol. The molecule has 0 spiro atoms. The van der Waals surface area contributed by atoms with Crippen molar-refractivity contribution in [3.8, 4) is 34.2 Å². The standard InChI is InChI=1S/C29H24ClN3O2S/c1-3-35-24-14-12-23(13-15-24)32-28(34)18-36-29-26(17-31)25(20-8-10-22(30)11-9-20)16-27(33-29)21-6-4-19(2)5-7-21/h4-16H,3,18H2,1-2H3,(H,32,34). The van der Waals surface area contributed by atoms with Gasteiger partial charge >= 0.3 is 0 Å². The largest absolute Gasteiger partial charge is 0.494 e. The van der Waals surface area contributed by atoms with Gasteiger partial charge in [0.15, 0.2) is 0 Å². The van der Waals surface area contributed by atoms with E-state index < -0.39 is 0 Å². The minimum atomic E-state index is -0.191. The second-order valence-electron chi connectivity index (χ2n) is 8.01. The summed E-state index contributed by atoms with van der Waals surface area (Å²) in [7, 11) is 0. The highest BCUT2D eigenvalue weighted by molar-refractivity contribution is 8.00. The molecule has 1 heterocycles. The fraction of sp³-hybridized carbons (Fsp3) is 0.138. The monoisotopic (exact) mass is 513 g/mol. The summed E-state index contributed by atoms with van der Waals surface area (Å²) in [6.45, 7) is 4.53. The molecule has 0 aliphatic heterocycles. The Morgan fingerprint density at radius 3 is 2.33 bits per heavy atom. The summed E-state index contributed by atoms with van der Waals surface area (Å²) >= 11 is 7.33. The minimum Gasteiger partial charge on any atom is -0.494 e. The van der Waals surface area contributed by atoms with E-state index in [0.29, 0.717) is 27.9 Å². The molecule has 0 fully saturated rings. The van der Waals surface area contributed by atoms with Gasteiger partial charge in [0.05, 0.1) is 23.6 Å². The molecule has 0 atom stereocenters. The molecule has 4 aromatic rings. The summed E-state index contributed by atoms with van der Waals surface area (Å²) in [6.07, 6.45) is 0. The number of halogens is 1. The van der Waals surface area contributed by atoms with Gasteiger partial charge < -0.3 is 10.1 Å². The van der Waals surface area contributed by atoms with Crippen LogP contribution in [0.4, 0.5) is 5.69 Å². The van der Waals surface area contributed by atoms with Crippen molar-refractivity contribution >= 4 is 35.0 Å². The number of nitriles is 1. The number of hydrogen-bond acceptors (Lipinski definition) is 5. The number of pyridine rings is 1. The van der Waals surface area contributed by atoms with E-state index in [1.54, 1.807) is 24.3 Å². The van der Waals surface area contributed by atoms with Crippen LogP contribution in [-0.4, -0.2) is 23.3 Å². The van der Waals surface area contributed by atoms with Crippen LogP contribution in [0.2, 0.25) is 5.02 Å². The number of anilines is 1. The van der Waals surface area contributed by atoms with Crippen LogP contribution in [-0.2, 0) is 4.79 Å².